The van der Waals surface area contributed by atoms with E-state index in [0.29, 0.717) is 12.1 Å². The molecule has 0 aliphatic rings. The van der Waals surface area contributed by atoms with Crippen LogP contribution < -0.4 is 5.32 Å². The van der Waals surface area contributed by atoms with Crippen LogP contribution in [-0.4, -0.2) is 34.3 Å². The molecule has 0 spiro atoms. The summed E-state index contributed by atoms with van der Waals surface area (Å²) in [6, 6.07) is 4.24. The zero-order valence-corrected chi connectivity index (χ0v) is 11.9. The molecule has 0 saturated heterocycles. The fourth-order valence-corrected chi connectivity index (χ4v) is 2.02. The smallest absolute Gasteiger partial charge is 0.343 e. The number of carboxylic acids is 1. The van der Waals surface area contributed by atoms with Crippen molar-refractivity contribution in [1.82, 2.24) is 5.32 Å². The monoisotopic (exact) mass is 296 g/mol. The summed E-state index contributed by atoms with van der Waals surface area (Å²) >= 11 is 0. The van der Waals surface area contributed by atoms with Gasteiger partial charge in [0.1, 0.15) is 5.56 Å². The van der Waals surface area contributed by atoms with Gasteiger partial charge in [0.05, 0.1) is 4.92 Å². The van der Waals surface area contributed by atoms with Crippen molar-refractivity contribution in [2.24, 2.45) is 5.92 Å². The Bertz CT molecular complexity index is 504. The summed E-state index contributed by atoms with van der Waals surface area (Å²) in [6.45, 7) is 3.01. The maximum atomic E-state index is 11.2. The molecule has 21 heavy (non-hydrogen) atoms. The van der Waals surface area contributed by atoms with Crippen molar-refractivity contribution in [1.29, 1.82) is 0 Å². The normalized spacial score (nSPS) is 12.1. The van der Waals surface area contributed by atoms with Crippen molar-refractivity contribution in [3.8, 4) is 0 Å². The Labute approximate surface area is 122 Å². The summed E-state index contributed by atoms with van der Waals surface area (Å²) in [4.78, 5) is 21.4. The highest BCUT2D eigenvalue weighted by molar-refractivity contribution is 5.94. The maximum absolute atomic E-state index is 11.2. The lowest BCUT2D eigenvalue weighted by atomic mass is 10.0. The van der Waals surface area contributed by atoms with Crippen LogP contribution in [-0.2, 0) is 6.54 Å². The van der Waals surface area contributed by atoms with Crippen LogP contribution in [0.25, 0.3) is 0 Å². The fraction of sp³-hybridized carbons (Fsp3) is 0.500. The third kappa shape index (κ3) is 5.13. The molecule has 0 fully saturated rings. The van der Waals surface area contributed by atoms with Crippen molar-refractivity contribution in [3.63, 3.8) is 0 Å². The minimum Gasteiger partial charge on any atom is -0.477 e. The van der Waals surface area contributed by atoms with Crippen molar-refractivity contribution in [2.45, 2.75) is 26.3 Å². The molecule has 1 aromatic rings. The van der Waals surface area contributed by atoms with Gasteiger partial charge in [0.2, 0.25) is 0 Å². The largest absolute Gasteiger partial charge is 0.477 e. The number of rotatable bonds is 9. The van der Waals surface area contributed by atoms with E-state index < -0.39 is 16.6 Å². The molecule has 1 unspecified atom stereocenters. The molecule has 0 aliphatic carbocycles. The quantitative estimate of drug-likeness (QED) is 0.364. The first-order chi connectivity index (χ1) is 9.97. The Morgan fingerprint density at radius 3 is 2.76 bits per heavy atom. The van der Waals surface area contributed by atoms with Gasteiger partial charge < -0.3 is 15.5 Å². The van der Waals surface area contributed by atoms with Gasteiger partial charge in [-0.05, 0) is 30.9 Å². The third-order valence-corrected chi connectivity index (χ3v) is 3.22. The van der Waals surface area contributed by atoms with E-state index in [1.165, 1.54) is 12.1 Å². The first-order valence-electron chi connectivity index (χ1n) is 6.78. The number of aliphatic hydroxyl groups excluding tert-OH is 1. The minimum absolute atomic E-state index is 0.147. The Balaban J connectivity index is 2.65. The van der Waals surface area contributed by atoms with Crippen LogP contribution in [0.4, 0.5) is 5.69 Å². The molecular weight excluding hydrogens is 276 g/mol. The van der Waals surface area contributed by atoms with E-state index in [1.54, 1.807) is 6.07 Å². The predicted octanol–water partition coefficient (Wildman–Crippen LogP) is 1.79. The Morgan fingerprint density at radius 2 is 2.19 bits per heavy atom. The van der Waals surface area contributed by atoms with Gasteiger partial charge in [0.25, 0.3) is 5.69 Å². The molecule has 7 nitrogen and oxygen atoms in total. The summed E-state index contributed by atoms with van der Waals surface area (Å²) in [6.07, 6.45) is 1.71. The fourth-order valence-electron chi connectivity index (χ4n) is 2.02. The maximum Gasteiger partial charge on any atom is 0.343 e. The Hall–Kier alpha value is -1.99. The van der Waals surface area contributed by atoms with Crippen molar-refractivity contribution < 1.29 is 19.9 Å². The molecular formula is C14H20N2O5. The molecule has 0 radical (unpaired) electrons. The second-order valence-electron chi connectivity index (χ2n) is 4.98. The van der Waals surface area contributed by atoms with Crippen LogP contribution in [0.1, 0.15) is 35.7 Å². The lowest BCUT2D eigenvalue weighted by molar-refractivity contribution is -0.385. The molecule has 1 aromatic carbocycles. The summed E-state index contributed by atoms with van der Waals surface area (Å²) in [5, 5.41) is 32.0. The number of aromatic carboxylic acids is 1. The average Bonchev–Trinajstić information content (AvgIpc) is 2.45. The van der Waals surface area contributed by atoms with Gasteiger partial charge in [-0.2, -0.15) is 0 Å². The lowest BCUT2D eigenvalue weighted by Crippen LogP contribution is -2.18. The van der Waals surface area contributed by atoms with Crippen LogP contribution >= 0.6 is 0 Å². The minimum atomic E-state index is -1.30. The highest BCUT2D eigenvalue weighted by Crippen LogP contribution is 2.22. The number of nitrogens with zero attached hydrogens (tertiary/aromatic N) is 1. The van der Waals surface area contributed by atoms with Crippen LogP contribution in [0, 0.1) is 16.0 Å². The highest BCUT2D eigenvalue weighted by Gasteiger charge is 2.22. The van der Waals surface area contributed by atoms with Crippen LogP contribution in [0.2, 0.25) is 0 Å². The zero-order chi connectivity index (χ0) is 15.8. The first-order valence-corrected chi connectivity index (χ1v) is 6.78. The van der Waals surface area contributed by atoms with Gasteiger partial charge in [-0.1, -0.05) is 19.1 Å². The number of hydrogen-bond acceptors (Lipinski definition) is 5. The van der Waals surface area contributed by atoms with Gasteiger partial charge in [0, 0.05) is 19.2 Å². The molecule has 7 heteroatoms. The van der Waals surface area contributed by atoms with Crippen molar-refractivity contribution in [2.75, 3.05) is 13.2 Å². The summed E-state index contributed by atoms with van der Waals surface area (Å²) in [5.74, 6) is -1.06. The van der Waals surface area contributed by atoms with Gasteiger partial charge in [0.15, 0.2) is 0 Å². The molecule has 0 heterocycles. The van der Waals surface area contributed by atoms with Crippen LogP contribution in [0.5, 0.6) is 0 Å². The van der Waals surface area contributed by atoms with Crippen molar-refractivity contribution in [3.05, 3.63) is 39.4 Å². The van der Waals surface area contributed by atoms with Gasteiger partial charge in [-0.15, -0.1) is 0 Å². The Morgan fingerprint density at radius 1 is 1.48 bits per heavy atom. The van der Waals surface area contributed by atoms with E-state index >= 15 is 0 Å². The van der Waals surface area contributed by atoms with Crippen molar-refractivity contribution >= 4 is 11.7 Å². The molecule has 1 rings (SSSR count). The predicted molar refractivity (Wildman–Crippen MR) is 77.2 cm³/mol. The highest BCUT2D eigenvalue weighted by atomic mass is 16.6. The van der Waals surface area contributed by atoms with Gasteiger partial charge >= 0.3 is 5.97 Å². The van der Waals surface area contributed by atoms with E-state index in [1.807, 2.05) is 6.92 Å². The molecule has 3 N–H and O–H groups in total. The summed E-state index contributed by atoms with van der Waals surface area (Å²) in [7, 11) is 0. The molecule has 116 valence electrons. The number of hydrogen-bond donors (Lipinski definition) is 3. The van der Waals surface area contributed by atoms with Crippen LogP contribution in [0.3, 0.4) is 0 Å². The van der Waals surface area contributed by atoms with Gasteiger partial charge in [-0.3, -0.25) is 10.1 Å². The zero-order valence-electron chi connectivity index (χ0n) is 11.9. The summed E-state index contributed by atoms with van der Waals surface area (Å²) in [5.41, 5.74) is -0.263. The average molecular weight is 296 g/mol. The number of benzene rings is 1. The third-order valence-electron chi connectivity index (χ3n) is 3.22. The van der Waals surface area contributed by atoms with E-state index in [9.17, 15) is 14.9 Å². The van der Waals surface area contributed by atoms with E-state index in [0.717, 1.165) is 12.8 Å². The van der Waals surface area contributed by atoms with Gasteiger partial charge in [-0.25, -0.2) is 4.79 Å². The first kappa shape index (κ1) is 17.1. The second-order valence-corrected chi connectivity index (χ2v) is 4.98. The SMILES string of the molecule is CC(CO)CCCNCc1cccc([N+](=O)[O-])c1C(=O)O. The molecule has 0 aromatic heterocycles. The Kier molecular flexibility index (Phi) is 6.77. The van der Waals surface area contributed by atoms with E-state index in [-0.39, 0.29) is 24.6 Å². The lowest BCUT2D eigenvalue weighted by Gasteiger charge is -2.10. The topological polar surface area (TPSA) is 113 Å². The second kappa shape index (κ2) is 8.33. The molecule has 1 atom stereocenters. The molecule has 0 aliphatic heterocycles. The van der Waals surface area contributed by atoms with E-state index in [2.05, 4.69) is 5.32 Å². The summed E-state index contributed by atoms with van der Waals surface area (Å²) < 4.78 is 0. The van der Waals surface area contributed by atoms with E-state index in [4.69, 9.17) is 10.2 Å². The molecule has 0 amide bonds. The number of nitro benzene ring substituents is 1. The number of nitrogens with one attached hydrogen (secondary N) is 1. The number of carboxylic acid groups (broad SMARTS) is 1. The number of aliphatic hydroxyl groups is 1. The molecule has 0 saturated carbocycles. The molecule has 0 bridgehead atoms. The number of nitro groups is 1. The standard InChI is InChI=1S/C14H20N2O5/c1-10(9-17)4-3-7-15-8-11-5-2-6-12(16(20)21)13(11)14(18)19/h2,5-6,10,15,17H,3-4,7-9H2,1H3,(H,18,19). The van der Waals surface area contributed by atoms with Crippen LogP contribution in [0.15, 0.2) is 18.2 Å². The number of carbonyl (C=O) groups is 1.